The lowest BCUT2D eigenvalue weighted by molar-refractivity contribution is -0.119. The molecule has 3 rings (SSSR count). The number of amides is 1. The summed E-state index contributed by atoms with van der Waals surface area (Å²) in [4.78, 5) is 25.0. The van der Waals surface area contributed by atoms with Gasteiger partial charge in [0, 0.05) is 12.2 Å². The van der Waals surface area contributed by atoms with Gasteiger partial charge in [-0.15, -0.1) is 5.10 Å². The predicted octanol–water partition coefficient (Wildman–Crippen LogP) is 0.874. The highest BCUT2D eigenvalue weighted by Crippen LogP contribution is 2.27. The maximum absolute atomic E-state index is 12.4. The molecule has 2 aromatic rings. The van der Waals surface area contributed by atoms with E-state index in [1.54, 1.807) is 11.8 Å². The fraction of sp³-hybridized carbons (Fsp3) is 0.286. The summed E-state index contributed by atoms with van der Waals surface area (Å²) in [6.45, 7) is 2.22. The highest BCUT2D eigenvalue weighted by molar-refractivity contribution is 5.95. The quantitative estimate of drug-likeness (QED) is 0.904. The summed E-state index contributed by atoms with van der Waals surface area (Å²) < 4.78 is 1.33. The standard InChI is InChI=1S/C14H14N4O3/c1-9-13(14(20)21)15-16-18(9)8-12(19)17-7-6-10-4-2-3-5-11(10)17/h2-5H,6-8H2,1H3,(H,20,21). The van der Waals surface area contributed by atoms with E-state index in [0.29, 0.717) is 12.2 Å². The molecule has 0 bridgehead atoms. The normalized spacial score (nSPS) is 13.3. The van der Waals surface area contributed by atoms with Crippen LogP contribution >= 0.6 is 0 Å². The first-order valence-corrected chi connectivity index (χ1v) is 6.59. The van der Waals surface area contributed by atoms with Crippen LogP contribution in [0.2, 0.25) is 0 Å². The molecule has 1 aromatic heterocycles. The molecule has 1 aliphatic rings. The number of carbonyl (C=O) groups is 2. The number of rotatable bonds is 3. The van der Waals surface area contributed by atoms with Gasteiger partial charge >= 0.3 is 5.97 Å². The third kappa shape index (κ3) is 2.26. The highest BCUT2D eigenvalue weighted by Gasteiger charge is 2.25. The summed E-state index contributed by atoms with van der Waals surface area (Å²) in [5.41, 5.74) is 2.32. The van der Waals surface area contributed by atoms with E-state index < -0.39 is 5.97 Å². The Morgan fingerprint density at radius 2 is 2.10 bits per heavy atom. The van der Waals surface area contributed by atoms with Gasteiger partial charge in [-0.1, -0.05) is 23.4 Å². The number of para-hydroxylation sites is 1. The average Bonchev–Trinajstić information content (AvgIpc) is 3.03. The van der Waals surface area contributed by atoms with Crippen LogP contribution in [0.15, 0.2) is 24.3 Å². The molecule has 0 radical (unpaired) electrons. The Balaban J connectivity index is 1.81. The molecule has 7 heteroatoms. The van der Waals surface area contributed by atoms with Crippen molar-refractivity contribution < 1.29 is 14.7 Å². The first kappa shape index (κ1) is 13.3. The average molecular weight is 286 g/mol. The maximum Gasteiger partial charge on any atom is 0.358 e. The number of aromatic carboxylic acids is 1. The molecular weight excluding hydrogens is 272 g/mol. The van der Waals surface area contributed by atoms with Gasteiger partial charge in [0.2, 0.25) is 5.91 Å². The summed E-state index contributed by atoms with van der Waals surface area (Å²) in [7, 11) is 0. The second-order valence-corrected chi connectivity index (χ2v) is 4.91. The van der Waals surface area contributed by atoms with Crippen molar-refractivity contribution in [2.75, 3.05) is 11.4 Å². The summed E-state index contributed by atoms with van der Waals surface area (Å²) in [5, 5.41) is 16.3. The zero-order valence-corrected chi connectivity index (χ0v) is 11.5. The van der Waals surface area contributed by atoms with Crippen LogP contribution in [0.1, 0.15) is 21.7 Å². The van der Waals surface area contributed by atoms with Gasteiger partial charge < -0.3 is 10.0 Å². The minimum Gasteiger partial charge on any atom is -0.476 e. The van der Waals surface area contributed by atoms with E-state index >= 15 is 0 Å². The van der Waals surface area contributed by atoms with Crippen LogP contribution in [-0.4, -0.2) is 38.5 Å². The predicted molar refractivity (Wildman–Crippen MR) is 74.2 cm³/mol. The lowest BCUT2D eigenvalue weighted by Gasteiger charge is -2.17. The molecule has 1 amide bonds. The Morgan fingerprint density at radius 1 is 1.33 bits per heavy atom. The van der Waals surface area contributed by atoms with Crippen molar-refractivity contribution in [2.24, 2.45) is 0 Å². The first-order valence-electron chi connectivity index (χ1n) is 6.59. The topological polar surface area (TPSA) is 88.3 Å². The number of carboxylic acids is 1. The fourth-order valence-electron chi connectivity index (χ4n) is 2.52. The van der Waals surface area contributed by atoms with Crippen molar-refractivity contribution in [3.8, 4) is 0 Å². The number of benzene rings is 1. The second kappa shape index (κ2) is 5.01. The van der Waals surface area contributed by atoms with Crippen molar-refractivity contribution in [2.45, 2.75) is 19.9 Å². The van der Waals surface area contributed by atoms with Crippen LogP contribution in [0.3, 0.4) is 0 Å². The number of hydrogen-bond donors (Lipinski definition) is 1. The van der Waals surface area contributed by atoms with Crippen molar-refractivity contribution in [3.05, 3.63) is 41.2 Å². The Morgan fingerprint density at radius 3 is 2.81 bits per heavy atom. The van der Waals surface area contributed by atoms with E-state index in [4.69, 9.17) is 5.11 Å². The number of carbonyl (C=O) groups excluding carboxylic acids is 1. The van der Waals surface area contributed by atoms with Crippen LogP contribution in [-0.2, 0) is 17.8 Å². The van der Waals surface area contributed by atoms with Gasteiger partial charge in [-0.2, -0.15) is 0 Å². The summed E-state index contributed by atoms with van der Waals surface area (Å²) in [6, 6.07) is 7.77. The molecule has 0 atom stereocenters. The molecule has 1 aliphatic heterocycles. The molecule has 0 saturated carbocycles. The molecule has 21 heavy (non-hydrogen) atoms. The first-order chi connectivity index (χ1) is 10.1. The van der Waals surface area contributed by atoms with Crippen LogP contribution < -0.4 is 4.90 Å². The van der Waals surface area contributed by atoms with Crippen molar-refractivity contribution in [3.63, 3.8) is 0 Å². The van der Waals surface area contributed by atoms with E-state index in [9.17, 15) is 9.59 Å². The van der Waals surface area contributed by atoms with Crippen molar-refractivity contribution in [1.82, 2.24) is 15.0 Å². The van der Waals surface area contributed by atoms with E-state index in [1.807, 2.05) is 24.3 Å². The van der Waals surface area contributed by atoms with Crippen LogP contribution in [0.25, 0.3) is 0 Å². The Hall–Kier alpha value is -2.70. The number of nitrogens with zero attached hydrogens (tertiary/aromatic N) is 4. The maximum atomic E-state index is 12.4. The molecule has 0 fully saturated rings. The Labute approximate surface area is 120 Å². The minimum atomic E-state index is -1.14. The fourth-order valence-corrected chi connectivity index (χ4v) is 2.52. The molecule has 1 N–H and O–H groups in total. The molecular formula is C14H14N4O3. The Kier molecular flexibility index (Phi) is 3.17. The summed E-state index contributed by atoms with van der Waals surface area (Å²) in [6.07, 6.45) is 0.832. The zero-order chi connectivity index (χ0) is 15.0. The molecule has 7 nitrogen and oxygen atoms in total. The van der Waals surface area contributed by atoms with Crippen LogP contribution in [0, 0.1) is 6.92 Å². The number of fused-ring (bicyclic) bond motifs is 1. The molecule has 0 aliphatic carbocycles. The third-order valence-corrected chi connectivity index (χ3v) is 3.66. The smallest absolute Gasteiger partial charge is 0.358 e. The lowest BCUT2D eigenvalue weighted by Crippen LogP contribution is -2.32. The van der Waals surface area contributed by atoms with Crippen LogP contribution in [0.5, 0.6) is 0 Å². The van der Waals surface area contributed by atoms with Gasteiger partial charge in [-0.05, 0) is 25.0 Å². The second-order valence-electron chi connectivity index (χ2n) is 4.91. The number of aromatic nitrogens is 3. The highest BCUT2D eigenvalue weighted by atomic mass is 16.4. The van der Waals surface area contributed by atoms with Gasteiger partial charge in [-0.25, -0.2) is 9.48 Å². The number of carboxylic acid groups (broad SMARTS) is 1. The molecule has 0 unspecified atom stereocenters. The van der Waals surface area contributed by atoms with E-state index in [-0.39, 0.29) is 18.1 Å². The van der Waals surface area contributed by atoms with Gasteiger partial charge in [0.05, 0.1) is 5.69 Å². The zero-order valence-electron chi connectivity index (χ0n) is 11.5. The van der Waals surface area contributed by atoms with Gasteiger partial charge in [-0.3, -0.25) is 4.79 Å². The number of hydrogen-bond acceptors (Lipinski definition) is 4. The summed E-state index contributed by atoms with van der Waals surface area (Å²) >= 11 is 0. The third-order valence-electron chi connectivity index (χ3n) is 3.66. The molecule has 2 heterocycles. The monoisotopic (exact) mass is 286 g/mol. The summed E-state index contributed by atoms with van der Waals surface area (Å²) in [5.74, 6) is -1.26. The largest absolute Gasteiger partial charge is 0.476 e. The molecule has 108 valence electrons. The van der Waals surface area contributed by atoms with Gasteiger partial charge in [0.25, 0.3) is 0 Å². The van der Waals surface area contributed by atoms with E-state index in [2.05, 4.69) is 10.3 Å². The SMILES string of the molecule is Cc1c(C(=O)O)nnn1CC(=O)N1CCc2ccccc21. The Bertz CT molecular complexity index is 723. The number of anilines is 1. The molecule has 1 aromatic carbocycles. The van der Waals surface area contributed by atoms with E-state index in [1.165, 1.54) is 4.68 Å². The van der Waals surface area contributed by atoms with Crippen LogP contribution in [0.4, 0.5) is 5.69 Å². The minimum absolute atomic E-state index is 0.0134. The lowest BCUT2D eigenvalue weighted by atomic mass is 10.2. The molecule has 0 spiro atoms. The van der Waals surface area contributed by atoms with E-state index in [0.717, 1.165) is 17.7 Å². The van der Waals surface area contributed by atoms with Gasteiger partial charge in [0.1, 0.15) is 6.54 Å². The van der Waals surface area contributed by atoms with Gasteiger partial charge in [0.15, 0.2) is 5.69 Å². The molecule has 0 saturated heterocycles. The van der Waals surface area contributed by atoms with Crippen molar-refractivity contribution in [1.29, 1.82) is 0 Å². The van der Waals surface area contributed by atoms with Crippen molar-refractivity contribution >= 4 is 17.6 Å².